The quantitative estimate of drug-likeness (QED) is 0.694. The molecule has 1 aromatic heterocycles. The molecule has 2 aromatic rings. The van der Waals surface area contributed by atoms with Crippen molar-refractivity contribution in [3.63, 3.8) is 0 Å². The van der Waals surface area contributed by atoms with Crippen LogP contribution in [0.15, 0.2) is 48.8 Å². The number of aryl methyl sites for hydroxylation is 1. The van der Waals surface area contributed by atoms with Crippen molar-refractivity contribution < 1.29 is 30.7 Å². The molecule has 0 aliphatic rings. The summed E-state index contributed by atoms with van der Waals surface area (Å²) in [6.07, 6.45) is 3.91. The van der Waals surface area contributed by atoms with Crippen LogP contribution in [-0.4, -0.2) is 6.61 Å². The van der Waals surface area contributed by atoms with Gasteiger partial charge in [-0.25, -0.2) is 8.96 Å². The maximum atomic E-state index is 13.4. The fourth-order valence-electron chi connectivity index (χ4n) is 1.57. The molecule has 2 nitrogen and oxygen atoms in total. The van der Waals surface area contributed by atoms with Crippen LogP contribution in [-0.2, 0) is 6.54 Å². The van der Waals surface area contributed by atoms with Crippen LogP contribution < -0.4 is 26.3 Å². The Bertz CT molecular complexity index is 490. The summed E-state index contributed by atoms with van der Waals surface area (Å²) in [5.41, 5.74) is 0.896. The van der Waals surface area contributed by atoms with Gasteiger partial charge in [-0.3, -0.25) is 0 Å². The summed E-state index contributed by atoms with van der Waals surface area (Å²) in [7, 11) is 0. The highest BCUT2D eigenvalue weighted by Crippen LogP contribution is 2.17. The smallest absolute Gasteiger partial charge is 0.182 e. The van der Waals surface area contributed by atoms with Crippen LogP contribution >= 0.6 is 0 Å². The highest BCUT2D eigenvalue weighted by atomic mass is 79.9. The molecule has 0 unspecified atom stereocenters. The predicted molar refractivity (Wildman–Crippen MR) is 63.3 cm³/mol. The lowest BCUT2D eigenvalue weighted by Crippen LogP contribution is -3.00. The van der Waals surface area contributed by atoms with Crippen LogP contribution in [0.5, 0.6) is 5.75 Å². The molecule has 0 saturated heterocycles. The Kier molecular flexibility index (Phi) is 5.78. The minimum Gasteiger partial charge on any atom is -1.00 e. The first kappa shape index (κ1) is 14.6. The number of hydrogen-bond donors (Lipinski definition) is 0. The summed E-state index contributed by atoms with van der Waals surface area (Å²) >= 11 is 0. The van der Waals surface area contributed by atoms with Gasteiger partial charge in [0.05, 0.1) is 0 Å². The minimum atomic E-state index is -0.303. The molecule has 0 bridgehead atoms. The summed E-state index contributed by atoms with van der Waals surface area (Å²) in [4.78, 5) is 0. The summed E-state index contributed by atoms with van der Waals surface area (Å²) in [6.45, 7) is 3.01. The van der Waals surface area contributed by atoms with Crippen molar-refractivity contribution in [2.24, 2.45) is 0 Å². The molecule has 0 aliphatic carbocycles. The van der Waals surface area contributed by atoms with Crippen molar-refractivity contribution in [2.75, 3.05) is 6.61 Å². The van der Waals surface area contributed by atoms with Crippen molar-refractivity contribution in [1.82, 2.24) is 0 Å². The fraction of sp³-hybridized carbons (Fsp3) is 0.214. The molecular formula is C14H15BrFNO. The molecule has 1 heterocycles. The summed E-state index contributed by atoms with van der Waals surface area (Å²) < 4.78 is 20.8. The van der Waals surface area contributed by atoms with Gasteiger partial charge in [0.1, 0.15) is 6.61 Å². The van der Waals surface area contributed by atoms with E-state index >= 15 is 0 Å². The Morgan fingerprint density at radius 3 is 2.56 bits per heavy atom. The molecule has 0 spiro atoms. The molecule has 4 heteroatoms. The highest BCUT2D eigenvalue weighted by Gasteiger charge is 2.04. The average Bonchev–Trinajstić information content (AvgIpc) is 2.33. The van der Waals surface area contributed by atoms with E-state index in [0.717, 1.165) is 5.56 Å². The van der Waals surface area contributed by atoms with Gasteiger partial charge < -0.3 is 21.7 Å². The van der Waals surface area contributed by atoms with Gasteiger partial charge in [-0.1, -0.05) is 12.1 Å². The van der Waals surface area contributed by atoms with Crippen molar-refractivity contribution in [3.05, 3.63) is 60.2 Å². The maximum absolute atomic E-state index is 13.4. The number of nitrogens with zero attached hydrogens (tertiary/aromatic N) is 1. The number of halogens is 2. The molecule has 0 aliphatic heterocycles. The third-order valence-electron chi connectivity index (χ3n) is 2.47. The molecule has 0 fully saturated rings. The van der Waals surface area contributed by atoms with E-state index in [1.165, 1.54) is 6.07 Å². The van der Waals surface area contributed by atoms with E-state index in [2.05, 4.69) is 0 Å². The summed E-state index contributed by atoms with van der Waals surface area (Å²) in [5.74, 6) is 0.00944. The van der Waals surface area contributed by atoms with Gasteiger partial charge in [-0.05, 0) is 24.6 Å². The number of ether oxygens (including phenoxy) is 1. The van der Waals surface area contributed by atoms with Gasteiger partial charge in [0.2, 0.25) is 0 Å². The van der Waals surface area contributed by atoms with E-state index in [-0.39, 0.29) is 22.8 Å². The third kappa shape index (κ3) is 4.11. The zero-order valence-electron chi connectivity index (χ0n) is 10.1. The molecule has 96 valence electrons. The number of rotatable bonds is 4. The second-order valence-corrected chi connectivity index (χ2v) is 3.90. The first-order valence-corrected chi connectivity index (χ1v) is 5.59. The van der Waals surface area contributed by atoms with Crippen molar-refractivity contribution >= 4 is 0 Å². The lowest BCUT2D eigenvalue weighted by Gasteiger charge is -2.05. The van der Waals surface area contributed by atoms with E-state index in [0.29, 0.717) is 18.9 Å². The van der Waals surface area contributed by atoms with Crippen molar-refractivity contribution in [2.45, 2.75) is 13.5 Å². The Morgan fingerprint density at radius 2 is 1.89 bits per heavy atom. The zero-order valence-corrected chi connectivity index (χ0v) is 11.7. The van der Waals surface area contributed by atoms with Crippen LogP contribution in [0, 0.1) is 12.7 Å². The second-order valence-electron chi connectivity index (χ2n) is 3.90. The average molecular weight is 312 g/mol. The molecule has 0 radical (unpaired) electrons. The maximum Gasteiger partial charge on any atom is 0.182 e. The van der Waals surface area contributed by atoms with Gasteiger partial charge in [-0.2, -0.15) is 0 Å². The number of aromatic nitrogens is 1. The van der Waals surface area contributed by atoms with Gasteiger partial charge >= 0.3 is 0 Å². The normalized spacial score (nSPS) is 9.67. The molecule has 0 atom stereocenters. The number of benzene rings is 1. The third-order valence-corrected chi connectivity index (χ3v) is 2.47. The van der Waals surface area contributed by atoms with Gasteiger partial charge in [0, 0.05) is 12.1 Å². The van der Waals surface area contributed by atoms with Crippen LogP contribution in [0.2, 0.25) is 0 Å². The van der Waals surface area contributed by atoms with Gasteiger partial charge in [0.15, 0.2) is 30.5 Å². The first-order valence-electron chi connectivity index (χ1n) is 5.59. The second kappa shape index (κ2) is 7.11. The van der Waals surface area contributed by atoms with E-state index in [4.69, 9.17) is 4.74 Å². The Hall–Kier alpha value is -1.42. The van der Waals surface area contributed by atoms with Crippen LogP contribution in [0.25, 0.3) is 0 Å². The number of hydrogen-bond acceptors (Lipinski definition) is 1. The summed E-state index contributed by atoms with van der Waals surface area (Å²) in [6, 6.07) is 10.8. The zero-order chi connectivity index (χ0) is 12.1. The standard InChI is InChI=1S/C14H15FNO.BrH/c1-12-5-6-14(13(15)11-12)17-10-9-16-7-3-2-4-8-16;/h2-8,11H,9-10H2,1H3;1H/q+1;/p-1. The predicted octanol–water partition coefficient (Wildman–Crippen LogP) is -0.495. The van der Waals surface area contributed by atoms with E-state index in [1.807, 2.05) is 48.1 Å². The molecule has 0 amide bonds. The fourth-order valence-corrected chi connectivity index (χ4v) is 1.57. The molecule has 1 aromatic carbocycles. The van der Waals surface area contributed by atoms with E-state index < -0.39 is 0 Å². The molecule has 2 rings (SSSR count). The first-order chi connectivity index (χ1) is 8.25. The largest absolute Gasteiger partial charge is 1.00 e. The Morgan fingerprint density at radius 1 is 1.17 bits per heavy atom. The molecule has 0 saturated carbocycles. The number of pyridine rings is 1. The van der Waals surface area contributed by atoms with Crippen molar-refractivity contribution in [1.29, 1.82) is 0 Å². The van der Waals surface area contributed by atoms with Crippen LogP contribution in [0.4, 0.5) is 4.39 Å². The van der Waals surface area contributed by atoms with E-state index in [1.54, 1.807) is 6.07 Å². The van der Waals surface area contributed by atoms with Crippen molar-refractivity contribution in [3.8, 4) is 5.75 Å². The molecule has 18 heavy (non-hydrogen) atoms. The molecule has 0 N–H and O–H groups in total. The Balaban J connectivity index is 0.00000162. The SMILES string of the molecule is Cc1ccc(OCC[n+]2ccccc2)c(F)c1.[Br-]. The monoisotopic (exact) mass is 311 g/mol. The lowest BCUT2D eigenvalue weighted by molar-refractivity contribution is -0.697. The lowest BCUT2D eigenvalue weighted by atomic mass is 10.2. The Labute approximate surface area is 117 Å². The van der Waals surface area contributed by atoms with Crippen LogP contribution in [0.1, 0.15) is 5.56 Å². The van der Waals surface area contributed by atoms with Gasteiger partial charge in [0.25, 0.3) is 0 Å². The summed E-state index contributed by atoms with van der Waals surface area (Å²) in [5, 5.41) is 0. The highest BCUT2D eigenvalue weighted by molar-refractivity contribution is 5.28. The van der Waals surface area contributed by atoms with Crippen LogP contribution in [0.3, 0.4) is 0 Å². The van der Waals surface area contributed by atoms with Gasteiger partial charge in [-0.15, -0.1) is 0 Å². The van der Waals surface area contributed by atoms with E-state index in [9.17, 15) is 4.39 Å². The topological polar surface area (TPSA) is 13.1 Å². The molecular weight excluding hydrogens is 297 g/mol. The minimum absolute atomic E-state index is 0.